The van der Waals surface area contributed by atoms with Crippen molar-refractivity contribution in [2.75, 3.05) is 7.11 Å². The predicted molar refractivity (Wildman–Crippen MR) is 84.7 cm³/mol. The number of nitrogens with zero attached hydrogens (tertiary/aromatic N) is 2. The van der Waals surface area contributed by atoms with Crippen LogP contribution in [0.15, 0.2) is 63.1 Å². The van der Waals surface area contributed by atoms with Crippen molar-refractivity contribution in [3.8, 4) is 11.6 Å². The summed E-state index contributed by atoms with van der Waals surface area (Å²) in [5.41, 5.74) is 0.721. The van der Waals surface area contributed by atoms with E-state index in [1.54, 1.807) is 24.3 Å². The van der Waals surface area contributed by atoms with E-state index in [0.717, 1.165) is 0 Å². The lowest BCUT2D eigenvalue weighted by atomic mass is 10.2. The SMILES string of the molecule is COc1ccc(S(=O)(=O)N=Nc2c(O)[nH]c3ccccc23)cc1. The van der Waals surface area contributed by atoms with Gasteiger partial charge in [0.05, 0.1) is 17.5 Å². The lowest BCUT2D eigenvalue weighted by Gasteiger charge is -2.00. The predicted octanol–water partition coefficient (Wildman–Crippen LogP) is 3.35. The lowest BCUT2D eigenvalue weighted by molar-refractivity contribution is 0.414. The zero-order valence-electron chi connectivity index (χ0n) is 12.1. The molecule has 7 nitrogen and oxygen atoms in total. The number of benzene rings is 2. The summed E-state index contributed by atoms with van der Waals surface area (Å²) < 4.78 is 32.8. The minimum absolute atomic E-state index is 0.0126. The standard InChI is InChI=1S/C15H13N3O4S/c1-22-10-6-8-11(9-7-10)23(20,21)18-17-14-12-4-2-3-5-13(12)16-15(14)19/h2-9,16,19H,1H3. The molecular formula is C15H13N3O4S. The van der Waals surface area contributed by atoms with Crippen LogP contribution in [0.3, 0.4) is 0 Å². The van der Waals surface area contributed by atoms with E-state index in [-0.39, 0.29) is 16.5 Å². The zero-order valence-corrected chi connectivity index (χ0v) is 12.9. The molecule has 1 aromatic heterocycles. The molecule has 2 N–H and O–H groups in total. The highest BCUT2D eigenvalue weighted by molar-refractivity contribution is 7.90. The molecule has 0 aliphatic rings. The van der Waals surface area contributed by atoms with Gasteiger partial charge in [0.2, 0.25) is 5.88 Å². The Balaban J connectivity index is 1.98. The van der Waals surface area contributed by atoms with E-state index in [4.69, 9.17) is 4.74 Å². The van der Waals surface area contributed by atoms with Gasteiger partial charge in [0, 0.05) is 5.39 Å². The van der Waals surface area contributed by atoms with Crippen molar-refractivity contribution >= 4 is 26.6 Å². The average Bonchev–Trinajstić information content (AvgIpc) is 2.88. The number of H-pyrrole nitrogens is 1. The lowest BCUT2D eigenvalue weighted by Crippen LogP contribution is -1.95. The molecule has 0 aliphatic heterocycles. The van der Waals surface area contributed by atoms with Crippen LogP contribution in [0, 0.1) is 0 Å². The number of aromatic hydroxyl groups is 1. The fraction of sp³-hybridized carbons (Fsp3) is 0.0667. The number of ether oxygens (including phenoxy) is 1. The van der Waals surface area contributed by atoms with Gasteiger partial charge in [-0.15, -0.1) is 5.11 Å². The van der Waals surface area contributed by atoms with E-state index in [1.165, 1.54) is 31.4 Å². The maximum atomic E-state index is 12.2. The summed E-state index contributed by atoms with van der Waals surface area (Å²) >= 11 is 0. The first-order chi connectivity index (χ1) is 11.0. The largest absolute Gasteiger partial charge is 0.497 e. The molecule has 1 heterocycles. The maximum Gasteiger partial charge on any atom is 0.299 e. The molecule has 23 heavy (non-hydrogen) atoms. The Morgan fingerprint density at radius 3 is 2.48 bits per heavy atom. The summed E-state index contributed by atoms with van der Waals surface area (Å²) in [6.45, 7) is 0. The van der Waals surface area contributed by atoms with Gasteiger partial charge in [-0.05, 0) is 30.3 Å². The Bertz CT molecular complexity index is 976. The molecule has 3 rings (SSSR count). The molecule has 118 valence electrons. The summed E-state index contributed by atoms with van der Waals surface area (Å²) in [5.74, 6) is 0.301. The summed E-state index contributed by atoms with van der Waals surface area (Å²) in [6, 6.07) is 12.8. The number of hydrogen-bond acceptors (Lipinski definition) is 5. The molecule has 3 aromatic rings. The first-order valence-electron chi connectivity index (χ1n) is 6.63. The highest BCUT2D eigenvalue weighted by atomic mass is 32.2. The monoisotopic (exact) mass is 331 g/mol. The first-order valence-corrected chi connectivity index (χ1v) is 8.07. The Kier molecular flexibility index (Phi) is 3.75. The van der Waals surface area contributed by atoms with Crippen LogP contribution in [0.25, 0.3) is 10.9 Å². The number of rotatable bonds is 4. The normalized spacial score (nSPS) is 12.0. The Hall–Kier alpha value is -2.87. The first kappa shape index (κ1) is 15.0. The van der Waals surface area contributed by atoms with Crippen LogP contribution in [0.1, 0.15) is 0 Å². The molecule has 0 saturated heterocycles. The third-order valence-electron chi connectivity index (χ3n) is 3.27. The zero-order chi connectivity index (χ0) is 16.4. The summed E-state index contributed by atoms with van der Waals surface area (Å²) in [6.07, 6.45) is 0. The van der Waals surface area contributed by atoms with E-state index < -0.39 is 10.0 Å². The number of aromatic nitrogens is 1. The van der Waals surface area contributed by atoms with Crippen LogP contribution in [0.2, 0.25) is 0 Å². The fourth-order valence-corrected chi connectivity index (χ4v) is 2.87. The number of nitrogens with one attached hydrogen (secondary N) is 1. The molecular weight excluding hydrogens is 318 g/mol. The Morgan fingerprint density at radius 1 is 1.09 bits per heavy atom. The minimum atomic E-state index is -3.97. The molecule has 8 heteroatoms. The Labute approximate surface area is 132 Å². The molecule has 0 radical (unpaired) electrons. The summed E-state index contributed by atoms with van der Waals surface area (Å²) in [4.78, 5) is 2.70. The molecule has 0 amide bonds. The van der Waals surface area contributed by atoms with Crippen LogP contribution in [0.5, 0.6) is 11.6 Å². The van der Waals surface area contributed by atoms with Gasteiger partial charge in [-0.25, -0.2) is 0 Å². The van der Waals surface area contributed by atoms with Crippen molar-refractivity contribution in [2.24, 2.45) is 9.63 Å². The van der Waals surface area contributed by atoms with Gasteiger partial charge in [0.1, 0.15) is 5.75 Å². The van der Waals surface area contributed by atoms with E-state index >= 15 is 0 Å². The maximum absolute atomic E-state index is 12.2. The van der Waals surface area contributed by atoms with Crippen molar-refractivity contribution in [3.63, 3.8) is 0 Å². The van der Waals surface area contributed by atoms with Crippen molar-refractivity contribution in [1.29, 1.82) is 0 Å². The van der Waals surface area contributed by atoms with Crippen molar-refractivity contribution in [2.45, 2.75) is 4.90 Å². The number of fused-ring (bicyclic) bond motifs is 1. The molecule has 0 atom stereocenters. The topological polar surface area (TPSA) is 104 Å². The molecule has 0 bridgehead atoms. The highest BCUT2D eigenvalue weighted by Crippen LogP contribution is 2.35. The van der Waals surface area contributed by atoms with Gasteiger partial charge in [-0.2, -0.15) is 8.42 Å². The quantitative estimate of drug-likeness (QED) is 0.715. The van der Waals surface area contributed by atoms with Gasteiger partial charge >= 0.3 is 0 Å². The van der Waals surface area contributed by atoms with E-state index in [1.807, 2.05) is 0 Å². The highest BCUT2D eigenvalue weighted by Gasteiger charge is 2.15. The van der Waals surface area contributed by atoms with Crippen LogP contribution in [-0.2, 0) is 10.0 Å². The number of para-hydroxylation sites is 1. The number of methoxy groups -OCH3 is 1. The molecule has 0 saturated carbocycles. The Morgan fingerprint density at radius 2 is 1.78 bits per heavy atom. The number of aromatic amines is 1. The molecule has 2 aromatic carbocycles. The van der Waals surface area contributed by atoms with Crippen LogP contribution < -0.4 is 4.74 Å². The second kappa shape index (κ2) is 5.73. The summed E-state index contributed by atoms with van der Waals surface area (Å²) in [5, 5.41) is 14.1. The average molecular weight is 331 g/mol. The molecule has 0 unspecified atom stereocenters. The molecule has 0 aliphatic carbocycles. The van der Waals surface area contributed by atoms with Crippen molar-refractivity contribution in [1.82, 2.24) is 4.98 Å². The van der Waals surface area contributed by atoms with Crippen LogP contribution >= 0.6 is 0 Å². The summed E-state index contributed by atoms with van der Waals surface area (Å²) in [7, 11) is -2.48. The molecule has 0 fully saturated rings. The van der Waals surface area contributed by atoms with E-state index in [9.17, 15) is 13.5 Å². The van der Waals surface area contributed by atoms with Crippen LogP contribution in [-0.4, -0.2) is 25.6 Å². The smallest absolute Gasteiger partial charge is 0.299 e. The van der Waals surface area contributed by atoms with Crippen molar-refractivity contribution < 1.29 is 18.3 Å². The minimum Gasteiger partial charge on any atom is -0.497 e. The number of sulfonamides is 1. The fourth-order valence-electron chi connectivity index (χ4n) is 2.10. The number of hydrogen-bond donors (Lipinski definition) is 2. The van der Waals surface area contributed by atoms with Gasteiger partial charge in [0.25, 0.3) is 10.0 Å². The second-order valence-corrected chi connectivity index (χ2v) is 6.28. The van der Waals surface area contributed by atoms with Gasteiger partial charge in [-0.3, -0.25) is 0 Å². The third-order valence-corrected chi connectivity index (χ3v) is 4.43. The van der Waals surface area contributed by atoms with Crippen LogP contribution in [0.4, 0.5) is 5.69 Å². The second-order valence-electron chi connectivity index (χ2n) is 4.70. The van der Waals surface area contributed by atoms with Gasteiger partial charge < -0.3 is 14.8 Å². The van der Waals surface area contributed by atoms with Gasteiger partial charge in [-0.1, -0.05) is 22.7 Å². The third kappa shape index (κ3) is 2.88. The van der Waals surface area contributed by atoms with Gasteiger partial charge in [0.15, 0.2) is 5.69 Å². The van der Waals surface area contributed by atoms with E-state index in [2.05, 4.69) is 14.6 Å². The molecule has 0 spiro atoms. The van der Waals surface area contributed by atoms with E-state index in [0.29, 0.717) is 16.7 Å². The van der Waals surface area contributed by atoms with Crippen molar-refractivity contribution in [3.05, 3.63) is 48.5 Å².